The van der Waals surface area contributed by atoms with Crippen LogP contribution in [0.4, 0.5) is 18.9 Å². The minimum atomic E-state index is -4.43. The van der Waals surface area contributed by atoms with E-state index in [2.05, 4.69) is 54.2 Å². The van der Waals surface area contributed by atoms with Crippen LogP contribution in [-0.4, -0.2) is 30.0 Å². The van der Waals surface area contributed by atoms with Crippen LogP contribution in [0.5, 0.6) is 0 Å². The molecule has 272 valence electrons. The van der Waals surface area contributed by atoms with Gasteiger partial charge in [0.1, 0.15) is 0 Å². The molecular weight excluding hydrogens is 674 g/mol. The highest BCUT2D eigenvalue weighted by Crippen LogP contribution is 2.31. The lowest BCUT2D eigenvalue weighted by molar-refractivity contribution is -0.137. The maximum atomic E-state index is 13.0. The second-order valence-corrected chi connectivity index (χ2v) is 12.8. The normalized spacial score (nSPS) is 11.0. The molecule has 0 aliphatic rings. The molecule has 4 aromatic rings. The summed E-state index contributed by atoms with van der Waals surface area (Å²) in [7, 11) is 0. The number of carbonyl (C=O) groups is 2. The van der Waals surface area contributed by atoms with Crippen molar-refractivity contribution in [2.75, 3.05) is 6.54 Å². The fourth-order valence-corrected chi connectivity index (χ4v) is 5.15. The molecule has 0 heterocycles. The van der Waals surface area contributed by atoms with Crippen LogP contribution in [0.2, 0.25) is 0 Å². The number of halogens is 3. The van der Waals surface area contributed by atoms with Gasteiger partial charge in [-0.05, 0) is 84.5 Å². The first-order valence-electron chi connectivity index (χ1n) is 16.4. The molecule has 0 radical (unpaired) electrons. The van der Waals surface area contributed by atoms with Crippen LogP contribution >= 0.6 is 11.8 Å². The molecule has 4 aromatic carbocycles. The molecule has 0 aromatic heterocycles. The van der Waals surface area contributed by atoms with Gasteiger partial charge in [0.25, 0.3) is 5.91 Å². The summed E-state index contributed by atoms with van der Waals surface area (Å²) in [5.74, 6) is -0.317. The third-order valence-electron chi connectivity index (χ3n) is 6.94. The molecule has 2 amide bonds. The number of primary amides is 1. The van der Waals surface area contributed by atoms with Crippen molar-refractivity contribution < 1.29 is 22.8 Å². The van der Waals surface area contributed by atoms with Crippen LogP contribution in [-0.2, 0) is 17.5 Å². The zero-order chi connectivity index (χ0) is 38.0. The first-order chi connectivity index (χ1) is 24.1. The maximum Gasteiger partial charge on any atom is 0.416 e. The van der Waals surface area contributed by atoms with Gasteiger partial charge in [-0.15, -0.1) is 0 Å². The van der Waals surface area contributed by atoms with E-state index >= 15 is 0 Å². The summed E-state index contributed by atoms with van der Waals surface area (Å²) in [6.45, 7) is 10.6. The monoisotopic (exact) mass is 720 g/mol. The zero-order valence-corrected chi connectivity index (χ0v) is 30.4. The van der Waals surface area contributed by atoms with Crippen molar-refractivity contribution in [2.45, 2.75) is 70.0 Å². The summed E-state index contributed by atoms with van der Waals surface area (Å²) in [6, 6.07) is 28.6. The van der Waals surface area contributed by atoms with Gasteiger partial charge >= 0.3 is 6.18 Å². The van der Waals surface area contributed by atoms with Crippen LogP contribution in [0.15, 0.2) is 117 Å². The predicted octanol–water partition coefficient (Wildman–Crippen LogP) is 8.42. The summed E-state index contributed by atoms with van der Waals surface area (Å²) in [4.78, 5) is 33.4. The molecule has 4 rings (SSSR count). The summed E-state index contributed by atoms with van der Waals surface area (Å²) < 4.78 is 39.1. The molecule has 8 nitrogen and oxygen atoms in total. The van der Waals surface area contributed by atoms with Crippen LogP contribution in [0.3, 0.4) is 0 Å². The lowest BCUT2D eigenvalue weighted by atomic mass is 9.99. The van der Waals surface area contributed by atoms with Gasteiger partial charge in [-0.2, -0.15) is 13.2 Å². The fourth-order valence-electron chi connectivity index (χ4n) is 4.25. The highest BCUT2D eigenvalue weighted by molar-refractivity contribution is 7.99. The summed E-state index contributed by atoms with van der Waals surface area (Å²) in [5.41, 5.74) is 18.2. The second kappa shape index (κ2) is 21.2. The number of nitrogens with zero attached hydrogens (tertiary/aromatic N) is 2. The number of aryl methyl sites for hydroxylation is 1. The number of benzene rings is 4. The van der Waals surface area contributed by atoms with Crippen molar-refractivity contribution in [1.82, 2.24) is 5.32 Å². The molecule has 0 fully saturated rings. The number of rotatable bonds is 11. The smallest absolute Gasteiger partial charge is 0.370 e. The number of amides is 2. The fraction of sp³-hybridized carbons (Fsp3) is 0.282. The highest BCUT2D eigenvalue weighted by atomic mass is 32.2. The van der Waals surface area contributed by atoms with Gasteiger partial charge in [-0.1, -0.05) is 88.0 Å². The van der Waals surface area contributed by atoms with Gasteiger partial charge in [0.2, 0.25) is 5.91 Å². The van der Waals surface area contributed by atoms with E-state index in [0.29, 0.717) is 23.2 Å². The van der Waals surface area contributed by atoms with Crippen LogP contribution < -0.4 is 22.5 Å². The summed E-state index contributed by atoms with van der Waals surface area (Å²) in [6.07, 6.45) is -2.99. The van der Waals surface area contributed by atoms with Crippen LogP contribution in [0.1, 0.15) is 73.1 Å². The Labute approximate surface area is 302 Å². The number of alkyl halides is 3. The van der Waals surface area contributed by atoms with Crippen molar-refractivity contribution >= 4 is 40.9 Å². The van der Waals surface area contributed by atoms with E-state index in [-0.39, 0.29) is 30.2 Å². The minimum absolute atomic E-state index is 0.0155. The number of aliphatic imine (C=N–C) groups is 2. The SMILES string of the molecule is CCC(N)=O.CCCN=C(N)N.Cc1ccc(C(=O)NCc2cccc(C(F)(F)F)c2)cc1N=C(c1cccc(Sc2ccccc2)c1)C(C)C. The summed E-state index contributed by atoms with van der Waals surface area (Å²) in [5, 5.41) is 2.72. The molecular formula is C39H47F3N6O2S. The topological polar surface area (TPSA) is 149 Å². The van der Waals surface area contributed by atoms with Crippen LogP contribution in [0, 0.1) is 12.8 Å². The molecule has 0 aliphatic heterocycles. The maximum absolute atomic E-state index is 13.0. The number of guanidine groups is 1. The van der Waals surface area contributed by atoms with Gasteiger partial charge in [0, 0.05) is 34.9 Å². The largest absolute Gasteiger partial charge is 0.416 e. The van der Waals surface area contributed by atoms with Crippen molar-refractivity contribution in [1.29, 1.82) is 0 Å². The molecule has 0 unspecified atom stereocenters. The Bertz CT molecular complexity index is 1770. The van der Waals surface area contributed by atoms with Gasteiger partial charge in [-0.25, -0.2) is 0 Å². The van der Waals surface area contributed by atoms with Crippen molar-refractivity contribution in [3.05, 3.63) is 125 Å². The zero-order valence-electron chi connectivity index (χ0n) is 29.6. The molecule has 0 spiro atoms. The molecule has 0 aliphatic carbocycles. The standard InChI is InChI=1S/C32H29F3N2OS.C4H11N3.C3H7NO/c1-21(2)30(24-10-8-14-28(18-24)39-27-12-5-4-6-13-27)37-29-19-25(16-15-22(29)3)31(38)36-20-23-9-7-11-26(17-23)32(33,34)35;1-2-3-7-4(5)6;1-2-3(4)5/h4-19,21H,20H2,1-3H3,(H,36,38);2-3H2,1H3,(H4,5,6,7);2H2,1H3,(H2,4,5). The van der Waals surface area contributed by atoms with E-state index in [1.807, 2.05) is 50.2 Å². The van der Waals surface area contributed by atoms with Crippen molar-refractivity contribution in [3.8, 4) is 0 Å². The van der Waals surface area contributed by atoms with E-state index in [4.69, 9.17) is 16.5 Å². The van der Waals surface area contributed by atoms with Crippen molar-refractivity contribution in [2.24, 2.45) is 33.1 Å². The molecule has 0 saturated carbocycles. The van der Waals surface area contributed by atoms with Gasteiger partial charge in [0.05, 0.1) is 17.0 Å². The average Bonchev–Trinajstić information content (AvgIpc) is 3.10. The number of nitrogens with one attached hydrogen (secondary N) is 1. The minimum Gasteiger partial charge on any atom is -0.370 e. The molecule has 0 saturated heterocycles. The molecule has 12 heteroatoms. The molecule has 0 bridgehead atoms. The second-order valence-electron chi connectivity index (χ2n) is 11.6. The first kappa shape index (κ1) is 42.1. The Kier molecular flexibility index (Phi) is 17.5. The van der Waals surface area contributed by atoms with E-state index in [1.165, 1.54) is 6.07 Å². The Balaban J connectivity index is 0.000000645. The van der Waals surface area contributed by atoms with E-state index in [1.54, 1.807) is 36.9 Å². The number of hydrogen-bond acceptors (Lipinski definition) is 5. The predicted molar refractivity (Wildman–Crippen MR) is 202 cm³/mol. The quantitative estimate of drug-likeness (QED) is 0.0907. The van der Waals surface area contributed by atoms with E-state index in [0.717, 1.165) is 51.7 Å². The third-order valence-corrected chi connectivity index (χ3v) is 7.94. The Morgan fingerprint density at radius 2 is 1.47 bits per heavy atom. The third kappa shape index (κ3) is 15.5. The average molecular weight is 721 g/mol. The molecule has 0 atom stereocenters. The number of hydrogen-bond donors (Lipinski definition) is 4. The first-order valence-corrected chi connectivity index (χ1v) is 17.3. The summed E-state index contributed by atoms with van der Waals surface area (Å²) >= 11 is 1.68. The Morgan fingerprint density at radius 3 is 2.04 bits per heavy atom. The number of carbonyl (C=O) groups excluding carboxylic acids is 2. The van der Waals surface area contributed by atoms with Gasteiger partial charge in [0.15, 0.2) is 5.96 Å². The molecule has 51 heavy (non-hydrogen) atoms. The number of nitrogens with two attached hydrogens (primary N) is 3. The Morgan fingerprint density at radius 1 is 0.824 bits per heavy atom. The molecule has 7 N–H and O–H groups in total. The lowest BCUT2D eigenvalue weighted by Crippen LogP contribution is -2.23. The van der Waals surface area contributed by atoms with Crippen LogP contribution in [0.25, 0.3) is 0 Å². The highest BCUT2D eigenvalue weighted by Gasteiger charge is 2.30. The lowest BCUT2D eigenvalue weighted by Gasteiger charge is -2.14. The van der Waals surface area contributed by atoms with Crippen molar-refractivity contribution in [3.63, 3.8) is 0 Å². The van der Waals surface area contributed by atoms with Gasteiger partial charge in [-0.3, -0.25) is 19.6 Å². The van der Waals surface area contributed by atoms with Gasteiger partial charge < -0.3 is 22.5 Å². The van der Waals surface area contributed by atoms with E-state index < -0.39 is 11.7 Å². The Hall–Kier alpha value is -5.10. The van der Waals surface area contributed by atoms with E-state index in [9.17, 15) is 22.8 Å².